The Balaban J connectivity index is 2.09. The van der Waals surface area contributed by atoms with Crippen LogP contribution in [0.1, 0.15) is 31.8 Å². The minimum absolute atomic E-state index is 0.112. The Hall–Kier alpha value is -2.18. The van der Waals surface area contributed by atoms with Crippen molar-refractivity contribution in [3.8, 4) is 0 Å². The molecule has 1 aromatic carbocycles. The van der Waals surface area contributed by atoms with Crippen molar-refractivity contribution in [3.63, 3.8) is 0 Å². The van der Waals surface area contributed by atoms with Crippen LogP contribution in [0.2, 0.25) is 5.02 Å². The molecule has 0 unspecified atom stereocenters. The molecule has 0 aliphatic heterocycles. The highest BCUT2D eigenvalue weighted by Gasteiger charge is 2.07. The summed E-state index contributed by atoms with van der Waals surface area (Å²) in [5, 5.41) is 15.1. The van der Waals surface area contributed by atoms with Gasteiger partial charge in [0.15, 0.2) is 0 Å². The Kier molecular flexibility index (Phi) is 4.72. The van der Waals surface area contributed by atoms with Crippen molar-refractivity contribution in [2.75, 3.05) is 0 Å². The van der Waals surface area contributed by atoms with Crippen LogP contribution in [-0.2, 0) is 0 Å². The first-order chi connectivity index (χ1) is 9.97. The van der Waals surface area contributed by atoms with Crippen LogP contribution >= 0.6 is 22.9 Å². The van der Waals surface area contributed by atoms with Crippen LogP contribution < -0.4 is 10.5 Å². The van der Waals surface area contributed by atoms with Gasteiger partial charge in [0.2, 0.25) is 0 Å². The van der Waals surface area contributed by atoms with Gasteiger partial charge in [0.05, 0.1) is 21.4 Å². The van der Waals surface area contributed by atoms with Gasteiger partial charge in [-0.15, -0.1) is 11.3 Å². The molecule has 1 aromatic heterocycles. The second-order valence-electron chi connectivity index (χ2n) is 4.10. The van der Waals surface area contributed by atoms with Crippen molar-refractivity contribution in [2.45, 2.75) is 6.92 Å². The number of aromatic carboxylic acids is 1. The molecular formula is C14H10ClN2O3S-. The van der Waals surface area contributed by atoms with Crippen LogP contribution in [-0.4, -0.2) is 17.6 Å². The number of hydrogen-bond donors (Lipinski definition) is 1. The van der Waals surface area contributed by atoms with Crippen LogP contribution in [0.3, 0.4) is 0 Å². The topological polar surface area (TPSA) is 81.6 Å². The van der Waals surface area contributed by atoms with Gasteiger partial charge >= 0.3 is 0 Å². The Morgan fingerprint density at radius 2 is 1.95 bits per heavy atom. The Bertz CT molecular complexity index is 725. The third-order valence-electron chi connectivity index (χ3n) is 2.58. The number of benzene rings is 1. The number of halogens is 1. The van der Waals surface area contributed by atoms with Gasteiger partial charge in [0, 0.05) is 10.6 Å². The summed E-state index contributed by atoms with van der Waals surface area (Å²) >= 11 is 6.84. The quantitative estimate of drug-likeness (QED) is 0.690. The Morgan fingerprint density at radius 1 is 1.24 bits per heavy atom. The first-order valence-electron chi connectivity index (χ1n) is 5.89. The third-order valence-corrected chi connectivity index (χ3v) is 3.98. The van der Waals surface area contributed by atoms with Crippen LogP contribution in [0, 0.1) is 0 Å². The number of amides is 1. The molecule has 0 aliphatic rings. The summed E-state index contributed by atoms with van der Waals surface area (Å²) in [6, 6.07) is 9.53. The first-order valence-corrected chi connectivity index (χ1v) is 7.08. The molecule has 1 amide bonds. The average molecular weight is 322 g/mol. The molecule has 0 aliphatic carbocycles. The molecule has 2 aromatic rings. The molecule has 2 rings (SSSR count). The summed E-state index contributed by atoms with van der Waals surface area (Å²) in [7, 11) is 0. The molecule has 0 fully saturated rings. The smallest absolute Gasteiger partial charge is 0.271 e. The Morgan fingerprint density at radius 3 is 2.57 bits per heavy atom. The second-order valence-corrected chi connectivity index (χ2v) is 5.62. The highest BCUT2D eigenvalue weighted by Crippen LogP contribution is 2.16. The van der Waals surface area contributed by atoms with Crippen LogP contribution in [0.4, 0.5) is 0 Å². The van der Waals surface area contributed by atoms with E-state index in [-0.39, 0.29) is 4.88 Å². The zero-order valence-electron chi connectivity index (χ0n) is 10.9. The van der Waals surface area contributed by atoms with Gasteiger partial charge in [-0.25, -0.2) is 5.43 Å². The van der Waals surface area contributed by atoms with Crippen molar-refractivity contribution in [2.24, 2.45) is 5.10 Å². The van der Waals surface area contributed by atoms with Crippen molar-refractivity contribution in [1.82, 2.24) is 5.43 Å². The van der Waals surface area contributed by atoms with E-state index in [2.05, 4.69) is 10.5 Å². The van der Waals surface area contributed by atoms with Crippen LogP contribution in [0.5, 0.6) is 0 Å². The average Bonchev–Trinajstić information content (AvgIpc) is 2.94. The number of hydrazone groups is 1. The first kappa shape index (κ1) is 15.2. The molecule has 5 nitrogen and oxygen atoms in total. The molecule has 1 heterocycles. The fourth-order valence-electron chi connectivity index (χ4n) is 1.53. The van der Waals surface area contributed by atoms with E-state index in [1.807, 2.05) is 0 Å². The number of carboxylic acid groups (broad SMARTS) is 1. The number of nitrogens with one attached hydrogen (secondary N) is 1. The minimum atomic E-state index is -1.23. The highest BCUT2D eigenvalue weighted by atomic mass is 35.5. The van der Waals surface area contributed by atoms with E-state index in [9.17, 15) is 14.7 Å². The van der Waals surface area contributed by atoms with E-state index in [4.69, 9.17) is 11.6 Å². The normalized spacial score (nSPS) is 11.2. The van der Waals surface area contributed by atoms with E-state index < -0.39 is 11.9 Å². The lowest BCUT2D eigenvalue weighted by Gasteiger charge is -2.02. The third kappa shape index (κ3) is 3.90. The summed E-state index contributed by atoms with van der Waals surface area (Å²) in [5.41, 5.74) is 3.29. The predicted octanol–water partition coefficient (Wildman–Crippen LogP) is 1.92. The maximum atomic E-state index is 11.9. The van der Waals surface area contributed by atoms with Gasteiger partial charge in [-0.1, -0.05) is 17.7 Å². The lowest BCUT2D eigenvalue weighted by molar-refractivity contribution is -0.254. The van der Waals surface area contributed by atoms with Gasteiger partial charge in [-0.05, 0) is 37.3 Å². The summed E-state index contributed by atoms with van der Waals surface area (Å²) in [6.45, 7) is 1.67. The molecule has 1 N–H and O–H groups in total. The highest BCUT2D eigenvalue weighted by molar-refractivity contribution is 7.15. The lowest BCUT2D eigenvalue weighted by Crippen LogP contribution is -2.20. The molecule has 0 saturated heterocycles. The number of hydrogen-bond acceptors (Lipinski definition) is 5. The number of nitrogens with zero attached hydrogens (tertiary/aromatic N) is 1. The number of carboxylic acids is 1. The molecule has 0 spiro atoms. The number of carbonyl (C=O) groups excluding carboxylic acids is 2. The number of carbonyl (C=O) groups is 2. The molecule has 21 heavy (non-hydrogen) atoms. The van der Waals surface area contributed by atoms with Gasteiger partial charge in [0.25, 0.3) is 5.91 Å². The van der Waals surface area contributed by atoms with Crippen molar-refractivity contribution < 1.29 is 14.7 Å². The van der Waals surface area contributed by atoms with Crippen molar-refractivity contribution in [3.05, 3.63) is 56.7 Å². The number of thiophene rings is 1. The predicted molar refractivity (Wildman–Crippen MR) is 79.8 cm³/mol. The van der Waals surface area contributed by atoms with Gasteiger partial charge < -0.3 is 9.90 Å². The fraction of sp³-hybridized carbons (Fsp3) is 0.0714. The second kappa shape index (κ2) is 6.51. The molecule has 7 heteroatoms. The van der Waals surface area contributed by atoms with Gasteiger partial charge in [-0.3, -0.25) is 4.79 Å². The lowest BCUT2D eigenvalue weighted by atomic mass is 10.2. The van der Waals surface area contributed by atoms with Crippen molar-refractivity contribution >= 4 is 40.5 Å². The maximum absolute atomic E-state index is 11.9. The maximum Gasteiger partial charge on any atom is 0.271 e. The van der Waals surface area contributed by atoms with Gasteiger partial charge in [-0.2, -0.15) is 5.10 Å². The molecule has 0 atom stereocenters. The van der Waals surface area contributed by atoms with Crippen molar-refractivity contribution in [1.29, 1.82) is 0 Å². The summed E-state index contributed by atoms with van der Waals surface area (Å²) in [6.07, 6.45) is 0. The molecule has 0 saturated carbocycles. The summed E-state index contributed by atoms with van der Waals surface area (Å²) in [5.74, 6) is -1.63. The van der Waals surface area contributed by atoms with E-state index in [1.165, 1.54) is 12.1 Å². The zero-order chi connectivity index (χ0) is 15.4. The van der Waals surface area contributed by atoms with E-state index >= 15 is 0 Å². The van der Waals surface area contributed by atoms with Gasteiger partial charge in [0.1, 0.15) is 0 Å². The SMILES string of the molecule is C/C(=N/NC(=O)c1cccc(Cl)c1)c1ccc(C(=O)[O-])s1. The fourth-order valence-corrected chi connectivity index (χ4v) is 2.50. The van der Waals surface area contributed by atoms with Crippen LogP contribution in [0.15, 0.2) is 41.5 Å². The monoisotopic (exact) mass is 321 g/mol. The number of rotatable bonds is 4. The van der Waals surface area contributed by atoms with E-state index in [1.54, 1.807) is 31.2 Å². The largest absolute Gasteiger partial charge is 0.544 e. The van der Waals surface area contributed by atoms with Crippen LogP contribution in [0.25, 0.3) is 0 Å². The molecule has 0 radical (unpaired) electrons. The minimum Gasteiger partial charge on any atom is -0.544 e. The summed E-state index contributed by atoms with van der Waals surface area (Å²) < 4.78 is 0. The standard InChI is InChI=1S/C14H11ClN2O3S/c1-8(11-5-6-12(21-11)14(19)20)16-17-13(18)9-3-2-4-10(15)7-9/h2-7H,1H3,(H,17,18)(H,19,20)/p-1/b16-8-. The van der Waals surface area contributed by atoms with E-state index in [0.29, 0.717) is 21.2 Å². The molecule has 108 valence electrons. The molecular weight excluding hydrogens is 312 g/mol. The Labute approximate surface area is 129 Å². The summed E-state index contributed by atoms with van der Waals surface area (Å²) in [4.78, 5) is 23.3. The van der Waals surface area contributed by atoms with E-state index in [0.717, 1.165) is 11.3 Å². The zero-order valence-corrected chi connectivity index (χ0v) is 12.5. The molecule has 0 bridgehead atoms.